The Hall–Kier alpha value is -1.48. The van der Waals surface area contributed by atoms with Gasteiger partial charge in [-0.25, -0.2) is 0 Å². The molecular weight excluding hydrogens is 260 g/mol. The normalized spacial score (nSPS) is 15.7. The molecule has 1 amide bonds. The number of rotatable bonds is 3. The molecule has 0 spiro atoms. The average molecular weight is 281 g/mol. The lowest BCUT2D eigenvalue weighted by atomic mass is 9.96. The zero-order valence-electron chi connectivity index (χ0n) is 11.0. The Morgan fingerprint density at radius 3 is 2.42 bits per heavy atom. The van der Waals surface area contributed by atoms with Crippen LogP contribution in [-0.4, -0.2) is 23.9 Å². The quantitative estimate of drug-likeness (QED) is 0.683. The first-order valence-corrected chi connectivity index (χ1v) is 6.44. The van der Waals surface area contributed by atoms with E-state index in [2.05, 4.69) is 6.58 Å². The van der Waals surface area contributed by atoms with Gasteiger partial charge in [0.15, 0.2) is 0 Å². The van der Waals surface area contributed by atoms with Gasteiger partial charge in [0.2, 0.25) is 5.91 Å². The maximum atomic E-state index is 12.1. The van der Waals surface area contributed by atoms with Gasteiger partial charge >= 0.3 is 0 Å². The first-order chi connectivity index (χ1) is 8.69. The smallest absolute Gasteiger partial charge is 0.226 e. The molecule has 4 heteroatoms. The van der Waals surface area contributed by atoms with Crippen molar-refractivity contribution in [2.75, 3.05) is 18.8 Å². The van der Waals surface area contributed by atoms with Crippen LogP contribution in [-0.2, 0) is 11.2 Å². The summed E-state index contributed by atoms with van der Waals surface area (Å²) < 4.78 is 0. The molecule has 3 nitrogen and oxygen atoms in total. The van der Waals surface area contributed by atoms with Gasteiger partial charge in [0.05, 0.1) is 6.42 Å². The summed E-state index contributed by atoms with van der Waals surface area (Å²) in [6.07, 6.45) is 4.55. The van der Waals surface area contributed by atoms with E-state index in [0.717, 1.165) is 37.2 Å². The number of amides is 1. The zero-order chi connectivity index (χ0) is 13.0. The zero-order valence-corrected chi connectivity index (χ0v) is 11.9. The number of likely N-dealkylation sites (tertiary alicyclic amines) is 1. The summed E-state index contributed by atoms with van der Waals surface area (Å²) in [5.74, 6) is 0.785. The number of anilines is 1. The van der Waals surface area contributed by atoms with E-state index >= 15 is 0 Å². The number of carbonyl (C=O) groups excluding carboxylic acids is 1. The molecule has 0 aromatic heterocycles. The number of halogens is 1. The first kappa shape index (κ1) is 15.6. The van der Waals surface area contributed by atoms with Crippen molar-refractivity contribution in [3.05, 3.63) is 42.5 Å². The van der Waals surface area contributed by atoms with Gasteiger partial charge in [0.1, 0.15) is 0 Å². The van der Waals surface area contributed by atoms with Crippen LogP contribution in [0.15, 0.2) is 36.9 Å². The van der Waals surface area contributed by atoms with Crippen LogP contribution in [0.3, 0.4) is 0 Å². The Balaban J connectivity index is 0.00000180. The second-order valence-corrected chi connectivity index (χ2v) is 4.87. The summed E-state index contributed by atoms with van der Waals surface area (Å²) >= 11 is 0. The van der Waals surface area contributed by atoms with E-state index in [1.807, 2.05) is 35.2 Å². The molecule has 0 bridgehead atoms. The second-order valence-electron chi connectivity index (χ2n) is 4.87. The van der Waals surface area contributed by atoms with Crippen molar-refractivity contribution in [1.29, 1.82) is 0 Å². The van der Waals surface area contributed by atoms with Crippen LogP contribution >= 0.6 is 12.4 Å². The van der Waals surface area contributed by atoms with E-state index in [-0.39, 0.29) is 18.3 Å². The molecule has 0 atom stereocenters. The molecule has 1 aliphatic rings. The molecule has 1 aromatic rings. The van der Waals surface area contributed by atoms with Crippen LogP contribution < -0.4 is 5.73 Å². The van der Waals surface area contributed by atoms with Gasteiger partial charge < -0.3 is 10.6 Å². The lowest BCUT2D eigenvalue weighted by Gasteiger charge is -2.30. The third-order valence-corrected chi connectivity index (χ3v) is 3.56. The van der Waals surface area contributed by atoms with Crippen molar-refractivity contribution >= 4 is 24.0 Å². The molecule has 0 radical (unpaired) electrons. The Labute approximate surface area is 120 Å². The number of piperidine rings is 1. The molecule has 1 heterocycles. The van der Waals surface area contributed by atoms with Crippen LogP contribution in [0.2, 0.25) is 0 Å². The standard InChI is InChI=1S/C15H20N2O.ClH/c1-2-12-7-9-17(10-8-12)15(18)11-13-3-5-14(16)6-4-13;/h2-6,12H,1,7-11,16H2;1H. The fourth-order valence-electron chi connectivity index (χ4n) is 2.31. The van der Waals surface area contributed by atoms with E-state index in [1.165, 1.54) is 0 Å². The average Bonchev–Trinajstić information content (AvgIpc) is 2.41. The van der Waals surface area contributed by atoms with Gasteiger partial charge in [-0.05, 0) is 36.5 Å². The molecule has 104 valence electrons. The molecular formula is C15H21ClN2O. The minimum Gasteiger partial charge on any atom is -0.399 e. The SMILES string of the molecule is C=CC1CCN(C(=O)Cc2ccc(N)cc2)CC1.Cl. The third kappa shape index (κ3) is 4.28. The number of carbonyl (C=O) groups is 1. The summed E-state index contributed by atoms with van der Waals surface area (Å²) in [4.78, 5) is 14.1. The molecule has 2 rings (SSSR count). The molecule has 2 N–H and O–H groups in total. The topological polar surface area (TPSA) is 46.3 Å². The number of nitrogens with two attached hydrogens (primary N) is 1. The van der Waals surface area contributed by atoms with E-state index in [9.17, 15) is 4.79 Å². The number of benzene rings is 1. The molecule has 19 heavy (non-hydrogen) atoms. The van der Waals surface area contributed by atoms with Crippen LogP contribution in [0, 0.1) is 5.92 Å². The highest BCUT2D eigenvalue weighted by atomic mass is 35.5. The highest BCUT2D eigenvalue weighted by Gasteiger charge is 2.20. The van der Waals surface area contributed by atoms with E-state index in [0.29, 0.717) is 12.3 Å². The highest BCUT2D eigenvalue weighted by Crippen LogP contribution is 2.18. The Bertz CT molecular complexity index is 422. The molecule has 1 saturated heterocycles. The van der Waals surface area contributed by atoms with Gasteiger partial charge in [-0.1, -0.05) is 18.2 Å². The summed E-state index contributed by atoms with van der Waals surface area (Å²) in [7, 11) is 0. The minimum absolute atomic E-state index is 0. The van der Waals surface area contributed by atoms with Crippen molar-refractivity contribution in [1.82, 2.24) is 4.90 Å². The molecule has 0 aliphatic carbocycles. The van der Waals surface area contributed by atoms with Gasteiger partial charge in [-0.15, -0.1) is 19.0 Å². The lowest BCUT2D eigenvalue weighted by molar-refractivity contribution is -0.131. The molecule has 0 saturated carbocycles. The summed E-state index contributed by atoms with van der Waals surface area (Å²) in [5, 5.41) is 0. The van der Waals surface area contributed by atoms with E-state index in [1.54, 1.807) is 0 Å². The fraction of sp³-hybridized carbons (Fsp3) is 0.400. The van der Waals surface area contributed by atoms with Gasteiger partial charge in [-0.2, -0.15) is 0 Å². The number of nitrogens with zero attached hydrogens (tertiary/aromatic N) is 1. The number of hydrogen-bond donors (Lipinski definition) is 1. The maximum Gasteiger partial charge on any atom is 0.226 e. The molecule has 1 aliphatic heterocycles. The lowest BCUT2D eigenvalue weighted by Crippen LogP contribution is -2.38. The monoisotopic (exact) mass is 280 g/mol. The van der Waals surface area contributed by atoms with Crippen molar-refractivity contribution in [2.24, 2.45) is 5.92 Å². The fourth-order valence-corrected chi connectivity index (χ4v) is 2.31. The van der Waals surface area contributed by atoms with Gasteiger partial charge in [0.25, 0.3) is 0 Å². The number of allylic oxidation sites excluding steroid dienone is 1. The predicted octanol–water partition coefficient (Wildman–Crippen LogP) is 2.66. The Morgan fingerprint density at radius 2 is 1.89 bits per heavy atom. The van der Waals surface area contributed by atoms with E-state index < -0.39 is 0 Å². The summed E-state index contributed by atoms with van der Waals surface area (Å²) in [6.45, 7) is 5.52. The Morgan fingerprint density at radius 1 is 1.32 bits per heavy atom. The van der Waals surface area contributed by atoms with Crippen LogP contribution in [0.1, 0.15) is 18.4 Å². The Kier molecular flexibility index (Phi) is 5.90. The van der Waals surface area contributed by atoms with Crippen molar-refractivity contribution in [3.8, 4) is 0 Å². The van der Waals surface area contributed by atoms with Gasteiger partial charge in [-0.3, -0.25) is 4.79 Å². The largest absolute Gasteiger partial charge is 0.399 e. The number of nitrogen functional groups attached to an aromatic ring is 1. The van der Waals surface area contributed by atoms with Gasteiger partial charge in [0, 0.05) is 18.8 Å². The summed E-state index contributed by atoms with van der Waals surface area (Å²) in [5.41, 5.74) is 7.39. The van der Waals surface area contributed by atoms with Crippen molar-refractivity contribution < 1.29 is 4.79 Å². The molecule has 1 fully saturated rings. The van der Waals surface area contributed by atoms with E-state index in [4.69, 9.17) is 5.73 Å². The van der Waals surface area contributed by atoms with Crippen molar-refractivity contribution in [3.63, 3.8) is 0 Å². The minimum atomic E-state index is 0. The molecule has 1 aromatic carbocycles. The van der Waals surface area contributed by atoms with Crippen LogP contribution in [0.25, 0.3) is 0 Å². The predicted molar refractivity (Wildman–Crippen MR) is 81.3 cm³/mol. The van der Waals surface area contributed by atoms with Crippen LogP contribution in [0.4, 0.5) is 5.69 Å². The summed E-state index contributed by atoms with van der Waals surface area (Å²) in [6, 6.07) is 7.52. The van der Waals surface area contributed by atoms with Crippen molar-refractivity contribution in [2.45, 2.75) is 19.3 Å². The maximum absolute atomic E-state index is 12.1. The highest BCUT2D eigenvalue weighted by molar-refractivity contribution is 5.85. The van der Waals surface area contributed by atoms with Crippen LogP contribution in [0.5, 0.6) is 0 Å². The third-order valence-electron chi connectivity index (χ3n) is 3.56. The number of hydrogen-bond acceptors (Lipinski definition) is 2. The first-order valence-electron chi connectivity index (χ1n) is 6.44. The second kappa shape index (κ2) is 7.19. The molecule has 0 unspecified atom stereocenters.